The largest absolute Gasteiger partial charge is 0.443 e. The molecule has 1 aromatic carbocycles. The van der Waals surface area contributed by atoms with Crippen molar-refractivity contribution in [3.8, 4) is 16.9 Å². The monoisotopic (exact) mass is 360 g/mol. The Balaban J connectivity index is 2.38. The summed E-state index contributed by atoms with van der Waals surface area (Å²) in [7, 11) is 3.81. The van der Waals surface area contributed by atoms with Gasteiger partial charge in [0, 0.05) is 25.6 Å². The number of halogens is 1. The molecule has 0 radical (unpaired) electrons. The van der Waals surface area contributed by atoms with E-state index in [-0.39, 0.29) is 11.3 Å². The highest BCUT2D eigenvalue weighted by molar-refractivity contribution is 7.08. The second-order valence-corrected chi connectivity index (χ2v) is 7.23. The fourth-order valence-electron chi connectivity index (χ4n) is 2.15. The third-order valence-electron chi connectivity index (χ3n) is 3.46. The highest BCUT2D eigenvalue weighted by Crippen LogP contribution is 2.39. The third-order valence-corrected chi connectivity index (χ3v) is 4.19. The van der Waals surface area contributed by atoms with Crippen molar-refractivity contribution < 1.29 is 9.13 Å². The van der Waals surface area contributed by atoms with Crippen molar-refractivity contribution in [2.24, 2.45) is 4.99 Å². The van der Waals surface area contributed by atoms with Gasteiger partial charge in [-0.25, -0.2) is 9.38 Å². The minimum Gasteiger partial charge on any atom is -0.443 e. The molecule has 0 aliphatic heterocycles. The van der Waals surface area contributed by atoms with Gasteiger partial charge in [-0.15, -0.1) is 0 Å². The number of nitrogens with zero attached hydrogens (tertiary/aromatic N) is 4. The maximum Gasteiger partial charge on any atom is 0.218 e. The Morgan fingerprint density at radius 1 is 1.32 bits per heavy atom. The van der Waals surface area contributed by atoms with E-state index in [1.165, 1.54) is 13.8 Å². The molecule has 2 rings (SSSR count). The van der Waals surface area contributed by atoms with Crippen LogP contribution >= 0.6 is 11.5 Å². The minimum atomic E-state index is -1.70. The van der Waals surface area contributed by atoms with Crippen LogP contribution in [-0.2, 0) is 5.67 Å². The Morgan fingerprint density at radius 3 is 2.56 bits per heavy atom. The Bertz CT molecular complexity index is 844. The number of rotatable bonds is 5. The molecule has 0 amide bonds. The SMILES string of the molecule is Cc1cc(Oc2snc(C(C)(C)F)c2C#N)c(C)cc1N=CN(C)C. The maximum atomic E-state index is 14.2. The number of aromatic nitrogens is 1. The fourth-order valence-corrected chi connectivity index (χ4v) is 2.99. The van der Waals surface area contributed by atoms with Crippen molar-refractivity contribution >= 4 is 23.6 Å². The molecule has 0 bridgehead atoms. The molecule has 0 fully saturated rings. The number of hydrogen-bond donors (Lipinski definition) is 0. The smallest absolute Gasteiger partial charge is 0.218 e. The van der Waals surface area contributed by atoms with Gasteiger partial charge >= 0.3 is 0 Å². The molecule has 1 aromatic heterocycles. The zero-order valence-electron chi connectivity index (χ0n) is 15.2. The first-order valence-electron chi connectivity index (χ1n) is 7.72. The molecular formula is C18H21FN4OS. The second-order valence-electron chi connectivity index (χ2n) is 6.49. The molecule has 5 nitrogen and oxygen atoms in total. The summed E-state index contributed by atoms with van der Waals surface area (Å²) in [6, 6.07) is 5.78. The molecule has 0 aliphatic rings. The van der Waals surface area contributed by atoms with E-state index in [0.717, 1.165) is 28.3 Å². The van der Waals surface area contributed by atoms with Crippen LogP contribution < -0.4 is 4.74 Å². The molecule has 0 spiro atoms. The third kappa shape index (κ3) is 4.34. The molecule has 0 N–H and O–H groups in total. The van der Waals surface area contributed by atoms with Gasteiger partial charge in [0.1, 0.15) is 28.7 Å². The van der Waals surface area contributed by atoms with Gasteiger partial charge in [0.25, 0.3) is 0 Å². The molecule has 0 saturated heterocycles. The Labute approximate surface area is 151 Å². The summed E-state index contributed by atoms with van der Waals surface area (Å²) in [5.74, 6) is 0.602. The average molecular weight is 360 g/mol. The quantitative estimate of drug-likeness (QED) is 0.565. The molecule has 0 aliphatic carbocycles. The summed E-state index contributed by atoms with van der Waals surface area (Å²) in [6.45, 7) is 6.58. The summed E-state index contributed by atoms with van der Waals surface area (Å²) in [5.41, 5.74) is 1.20. The first-order chi connectivity index (χ1) is 11.6. The van der Waals surface area contributed by atoms with Gasteiger partial charge in [-0.1, -0.05) is 0 Å². The summed E-state index contributed by atoms with van der Waals surface area (Å²) >= 11 is 0.984. The predicted molar refractivity (Wildman–Crippen MR) is 98.8 cm³/mol. The Morgan fingerprint density at radius 2 is 2.00 bits per heavy atom. The molecule has 0 saturated carbocycles. The van der Waals surface area contributed by atoms with Crippen molar-refractivity contribution in [2.45, 2.75) is 33.4 Å². The fraction of sp³-hybridized carbons (Fsp3) is 0.389. The number of ether oxygens (including phenoxy) is 1. The molecule has 0 unspecified atom stereocenters. The Kier molecular flexibility index (Phi) is 5.43. The van der Waals surface area contributed by atoms with Crippen LogP contribution in [0.3, 0.4) is 0 Å². The van der Waals surface area contributed by atoms with Crippen LogP contribution in [0.5, 0.6) is 10.8 Å². The van der Waals surface area contributed by atoms with E-state index in [4.69, 9.17) is 4.74 Å². The van der Waals surface area contributed by atoms with Gasteiger partial charge in [-0.3, -0.25) is 0 Å². The van der Waals surface area contributed by atoms with Gasteiger partial charge in [-0.2, -0.15) is 9.64 Å². The number of hydrogen-bond acceptors (Lipinski definition) is 5. The van der Waals surface area contributed by atoms with Crippen LogP contribution in [0.1, 0.15) is 36.2 Å². The number of nitriles is 1. The number of benzene rings is 1. The molecule has 2 aromatic rings. The number of alkyl halides is 1. The second kappa shape index (κ2) is 7.19. The molecule has 0 atom stereocenters. The lowest BCUT2D eigenvalue weighted by Crippen LogP contribution is -2.11. The first kappa shape index (κ1) is 18.9. The standard InChI is InChI=1S/C18H21FN4OS/c1-11-8-15(12(2)7-14(11)21-10-23(5)6)24-17-13(9-20)16(22-25-17)18(3,4)19/h7-8,10H,1-6H3. The van der Waals surface area contributed by atoms with E-state index in [1.54, 1.807) is 6.34 Å². The minimum absolute atomic E-state index is 0.108. The lowest BCUT2D eigenvalue weighted by atomic mass is 10.0. The predicted octanol–water partition coefficient (Wildman–Crippen LogP) is 4.85. The highest BCUT2D eigenvalue weighted by atomic mass is 32.1. The maximum absolute atomic E-state index is 14.2. The molecule has 25 heavy (non-hydrogen) atoms. The van der Waals surface area contributed by atoms with Crippen molar-refractivity contribution in [2.75, 3.05) is 14.1 Å². The van der Waals surface area contributed by atoms with E-state index in [0.29, 0.717) is 10.8 Å². The molecular weight excluding hydrogens is 339 g/mol. The molecule has 132 valence electrons. The summed E-state index contributed by atoms with van der Waals surface area (Å²) in [4.78, 5) is 6.28. The van der Waals surface area contributed by atoms with Gasteiger partial charge in [0.2, 0.25) is 5.06 Å². The van der Waals surface area contributed by atoms with Crippen molar-refractivity contribution in [3.63, 3.8) is 0 Å². The van der Waals surface area contributed by atoms with Gasteiger partial charge in [-0.05, 0) is 51.0 Å². The van der Waals surface area contributed by atoms with Crippen molar-refractivity contribution in [3.05, 3.63) is 34.5 Å². The topological polar surface area (TPSA) is 61.5 Å². The lowest BCUT2D eigenvalue weighted by Gasteiger charge is -2.12. The average Bonchev–Trinajstić information content (AvgIpc) is 2.92. The van der Waals surface area contributed by atoms with Gasteiger partial charge < -0.3 is 9.64 Å². The van der Waals surface area contributed by atoms with E-state index in [9.17, 15) is 9.65 Å². The zero-order valence-corrected chi connectivity index (χ0v) is 16.0. The van der Waals surface area contributed by atoms with Crippen LogP contribution in [0.2, 0.25) is 0 Å². The normalized spacial score (nSPS) is 11.6. The van der Waals surface area contributed by atoms with Crippen LogP contribution in [0.4, 0.5) is 10.1 Å². The number of aryl methyl sites for hydroxylation is 2. The van der Waals surface area contributed by atoms with Crippen molar-refractivity contribution in [1.29, 1.82) is 5.26 Å². The van der Waals surface area contributed by atoms with E-state index in [1.807, 2.05) is 51.0 Å². The summed E-state index contributed by atoms with van der Waals surface area (Å²) in [5, 5.41) is 9.67. The first-order valence-corrected chi connectivity index (χ1v) is 8.49. The van der Waals surface area contributed by atoms with Gasteiger partial charge in [0.15, 0.2) is 0 Å². The van der Waals surface area contributed by atoms with E-state index >= 15 is 0 Å². The summed E-state index contributed by atoms with van der Waals surface area (Å²) in [6.07, 6.45) is 1.73. The Hall–Kier alpha value is -2.46. The van der Waals surface area contributed by atoms with Crippen molar-refractivity contribution in [1.82, 2.24) is 9.27 Å². The lowest BCUT2D eigenvalue weighted by molar-refractivity contribution is 0.215. The summed E-state index contributed by atoms with van der Waals surface area (Å²) < 4.78 is 24.1. The highest BCUT2D eigenvalue weighted by Gasteiger charge is 2.29. The van der Waals surface area contributed by atoms with Crippen LogP contribution in [0.25, 0.3) is 0 Å². The van der Waals surface area contributed by atoms with Crippen LogP contribution in [-0.4, -0.2) is 29.7 Å². The van der Waals surface area contributed by atoms with E-state index in [2.05, 4.69) is 9.37 Å². The zero-order chi connectivity index (χ0) is 18.8. The molecule has 7 heteroatoms. The van der Waals surface area contributed by atoms with E-state index < -0.39 is 5.67 Å². The molecule has 1 heterocycles. The number of aliphatic imine (C=N–C) groups is 1. The van der Waals surface area contributed by atoms with Crippen LogP contribution in [0, 0.1) is 25.2 Å². The van der Waals surface area contributed by atoms with Crippen LogP contribution in [0.15, 0.2) is 17.1 Å². The van der Waals surface area contributed by atoms with Gasteiger partial charge in [0.05, 0.1) is 12.0 Å².